The van der Waals surface area contributed by atoms with Crippen LogP contribution in [0.1, 0.15) is 28.6 Å². The molecule has 2 aromatic carbocycles. The van der Waals surface area contributed by atoms with Crippen LogP contribution < -0.4 is 15.8 Å². The molecular formula is C21H21F3N4O2. The number of rotatable bonds is 5. The van der Waals surface area contributed by atoms with E-state index in [1.165, 1.54) is 13.0 Å². The van der Waals surface area contributed by atoms with E-state index in [0.717, 1.165) is 22.5 Å². The molecule has 4 rings (SSSR count). The van der Waals surface area contributed by atoms with Crippen molar-refractivity contribution in [3.63, 3.8) is 0 Å². The van der Waals surface area contributed by atoms with Gasteiger partial charge in [-0.15, -0.1) is 5.10 Å². The topological polar surface area (TPSA) is 82.3 Å². The Hall–Kier alpha value is -2.91. The summed E-state index contributed by atoms with van der Waals surface area (Å²) in [6.45, 7) is 4.31. The molecule has 1 aliphatic heterocycles. The Morgan fingerprint density at radius 3 is 2.57 bits per heavy atom. The van der Waals surface area contributed by atoms with E-state index in [2.05, 4.69) is 15.5 Å². The van der Waals surface area contributed by atoms with Crippen LogP contribution in [-0.2, 0) is 10.9 Å². The number of alkyl halides is 3. The first-order valence-electron chi connectivity index (χ1n) is 9.44. The minimum atomic E-state index is -4.45. The fraction of sp³-hybridized carbons (Fsp3) is 0.333. The fourth-order valence-corrected chi connectivity index (χ4v) is 3.44. The number of ether oxygens (including phenoxy) is 2. The maximum absolute atomic E-state index is 13.2. The van der Waals surface area contributed by atoms with Crippen LogP contribution in [0.4, 0.5) is 19.0 Å². The van der Waals surface area contributed by atoms with Gasteiger partial charge in [-0.2, -0.15) is 18.3 Å². The van der Waals surface area contributed by atoms with E-state index < -0.39 is 17.9 Å². The van der Waals surface area contributed by atoms with Gasteiger partial charge in [-0.25, -0.2) is 0 Å². The highest BCUT2D eigenvalue weighted by Gasteiger charge is 2.33. The van der Waals surface area contributed by atoms with Gasteiger partial charge in [-0.1, -0.05) is 12.1 Å². The molecule has 0 spiro atoms. The first-order valence-corrected chi connectivity index (χ1v) is 9.44. The van der Waals surface area contributed by atoms with Crippen molar-refractivity contribution in [2.24, 2.45) is 5.73 Å². The summed E-state index contributed by atoms with van der Waals surface area (Å²) in [5.74, 6) is 1.02. The summed E-state index contributed by atoms with van der Waals surface area (Å²) >= 11 is 0. The number of aryl methyl sites for hydroxylation is 1. The van der Waals surface area contributed by atoms with Crippen molar-refractivity contribution in [1.29, 1.82) is 0 Å². The van der Waals surface area contributed by atoms with Gasteiger partial charge in [0.1, 0.15) is 18.0 Å². The summed E-state index contributed by atoms with van der Waals surface area (Å²) in [6.07, 6.45) is -5.35. The lowest BCUT2D eigenvalue weighted by Gasteiger charge is -2.27. The average molecular weight is 418 g/mol. The van der Waals surface area contributed by atoms with Crippen LogP contribution in [0, 0.1) is 13.8 Å². The van der Waals surface area contributed by atoms with Crippen LogP contribution in [0.5, 0.6) is 5.75 Å². The van der Waals surface area contributed by atoms with Crippen molar-refractivity contribution < 1.29 is 22.6 Å². The van der Waals surface area contributed by atoms with Gasteiger partial charge in [0.05, 0.1) is 24.5 Å². The monoisotopic (exact) mass is 418 g/mol. The average Bonchev–Trinajstić information content (AvgIpc) is 2.66. The Morgan fingerprint density at radius 1 is 1.13 bits per heavy atom. The highest BCUT2D eigenvalue weighted by molar-refractivity contribution is 5.94. The molecule has 0 amide bonds. The summed E-state index contributed by atoms with van der Waals surface area (Å²) < 4.78 is 50.7. The number of fused-ring (bicyclic) bond motifs is 1. The summed E-state index contributed by atoms with van der Waals surface area (Å²) in [7, 11) is 0. The van der Waals surface area contributed by atoms with Gasteiger partial charge >= 0.3 is 6.18 Å². The van der Waals surface area contributed by atoms with Gasteiger partial charge in [0.25, 0.3) is 0 Å². The second-order valence-corrected chi connectivity index (χ2v) is 7.26. The number of nitrogens with two attached hydrogens (primary N) is 1. The van der Waals surface area contributed by atoms with Crippen LogP contribution in [0.15, 0.2) is 36.4 Å². The van der Waals surface area contributed by atoms with E-state index in [1.807, 2.05) is 25.1 Å². The normalized spacial score (nSPS) is 15.7. The highest BCUT2D eigenvalue weighted by Crippen LogP contribution is 2.35. The first kappa shape index (κ1) is 20.4. The number of hydrogen-bond acceptors (Lipinski definition) is 6. The zero-order valence-electron chi connectivity index (χ0n) is 16.5. The molecule has 1 aromatic heterocycles. The third kappa shape index (κ3) is 3.90. The van der Waals surface area contributed by atoms with E-state index in [1.54, 1.807) is 6.07 Å². The molecule has 0 saturated carbocycles. The quantitative estimate of drug-likeness (QED) is 0.607. The SMILES string of the molecule is Cc1c([C@@H](N)Nc2nnc(C)c3ccc(OC4COC4)cc23)cccc1C(F)(F)F. The number of hydrogen-bond donors (Lipinski definition) is 2. The van der Waals surface area contributed by atoms with Crippen LogP contribution in [0.2, 0.25) is 0 Å². The summed E-state index contributed by atoms with van der Waals surface area (Å²) in [5.41, 5.74) is 6.64. The molecule has 1 aliphatic rings. The standard InChI is InChI=1S/C21H21F3N4O2/c1-11-15(4-3-5-18(11)21(22,23)24)19(25)26-20-17-8-13(30-14-9-29-10-14)6-7-16(17)12(2)27-28-20/h3-8,14,19H,9-10,25H2,1-2H3,(H,26,28)/t19-/m0/s1. The number of nitrogens with one attached hydrogen (secondary N) is 1. The molecule has 1 fully saturated rings. The third-order valence-electron chi connectivity index (χ3n) is 5.15. The first-order chi connectivity index (χ1) is 14.2. The Kier molecular flexibility index (Phi) is 5.25. The van der Waals surface area contributed by atoms with Crippen LogP contribution in [0.25, 0.3) is 10.8 Å². The minimum Gasteiger partial charge on any atom is -0.486 e. The molecule has 3 aromatic rings. The van der Waals surface area contributed by atoms with Gasteiger partial charge < -0.3 is 20.5 Å². The van der Waals surface area contributed by atoms with E-state index in [9.17, 15) is 13.2 Å². The van der Waals surface area contributed by atoms with Crippen molar-refractivity contribution in [3.8, 4) is 5.75 Å². The zero-order valence-corrected chi connectivity index (χ0v) is 16.5. The van der Waals surface area contributed by atoms with Crippen molar-refractivity contribution in [3.05, 3.63) is 58.8 Å². The summed E-state index contributed by atoms with van der Waals surface area (Å²) in [5, 5.41) is 12.9. The fourth-order valence-electron chi connectivity index (χ4n) is 3.44. The Balaban J connectivity index is 1.68. The van der Waals surface area contributed by atoms with Crippen molar-refractivity contribution in [2.45, 2.75) is 32.3 Å². The molecule has 0 radical (unpaired) electrons. The van der Waals surface area contributed by atoms with Crippen molar-refractivity contribution >= 4 is 16.6 Å². The zero-order chi connectivity index (χ0) is 21.5. The van der Waals surface area contributed by atoms with Gasteiger partial charge in [-0.3, -0.25) is 0 Å². The van der Waals surface area contributed by atoms with E-state index >= 15 is 0 Å². The molecule has 6 nitrogen and oxygen atoms in total. The molecule has 9 heteroatoms. The highest BCUT2D eigenvalue weighted by atomic mass is 19.4. The van der Waals surface area contributed by atoms with Crippen LogP contribution in [-0.4, -0.2) is 29.5 Å². The maximum Gasteiger partial charge on any atom is 0.416 e. The van der Waals surface area contributed by atoms with Gasteiger partial charge in [0.15, 0.2) is 5.82 Å². The molecular weight excluding hydrogens is 397 g/mol. The predicted octanol–water partition coefficient (Wildman–Crippen LogP) is 4.11. The van der Waals surface area contributed by atoms with E-state index in [0.29, 0.717) is 30.3 Å². The molecule has 3 N–H and O–H groups in total. The predicted molar refractivity (Wildman–Crippen MR) is 106 cm³/mol. The van der Waals surface area contributed by atoms with E-state index in [4.69, 9.17) is 15.2 Å². The Morgan fingerprint density at radius 2 is 1.90 bits per heavy atom. The Bertz CT molecular complexity index is 1080. The van der Waals surface area contributed by atoms with Gasteiger partial charge in [0, 0.05) is 10.8 Å². The van der Waals surface area contributed by atoms with Crippen LogP contribution >= 0.6 is 0 Å². The maximum atomic E-state index is 13.2. The summed E-state index contributed by atoms with van der Waals surface area (Å²) in [4.78, 5) is 0. The summed E-state index contributed by atoms with van der Waals surface area (Å²) in [6, 6.07) is 9.50. The molecule has 0 bridgehead atoms. The van der Waals surface area contributed by atoms with Crippen molar-refractivity contribution in [2.75, 3.05) is 18.5 Å². The largest absolute Gasteiger partial charge is 0.486 e. The van der Waals surface area contributed by atoms with Gasteiger partial charge in [0.2, 0.25) is 0 Å². The molecule has 2 heterocycles. The second kappa shape index (κ2) is 7.73. The lowest BCUT2D eigenvalue weighted by molar-refractivity contribution is -0.138. The minimum absolute atomic E-state index is 0.00441. The van der Waals surface area contributed by atoms with Gasteiger partial charge in [-0.05, 0) is 49.2 Å². The molecule has 30 heavy (non-hydrogen) atoms. The molecule has 0 aliphatic carbocycles. The number of nitrogens with zero attached hydrogens (tertiary/aromatic N) is 2. The number of halogens is 3. The smallest absolute Gasteiger partial charge is 0.416 e. The lowest BCUT2D eigenvalue weighted by atomic mass is 10.00. The molecule has 1 saturated heterocycles. The second-order valence-electron chi connectivity index (χ2n) is 7.26. The van der Waals surface area contributed by atoms with Crippen LogP contribution in [0.3, 0.4) is 0 Å². The third-order valence-corrected chi connectivity index (χ3v) is 5.15. The Labute approximate surface area is 171 Å². The van der Waals surface area contributed by atoms with Crippen molar-refractivity contribution in [1.82, 2.24) is 10.2 Å². The molecule has 158 valence electrons. The number of benzene rings is 2. The molecule has 0 unspecified atom stereocenters. The van der Waals surface area contributed by atoms with E-state index in [-0.39, 0.29) is 11.7 Å². The number of aromatic nitrogens is 2. The lowest BCUT2D eigenvalue weighted by Crippen LogP contribution is -2.38. The number of anilines is 1. The molecule has 1 atom stereocenters.